The van der Waals surface area contributed by atoms with E-state index in [4.69, 9.17) is 0 Å². The molecule has 2 N–H and O–H groups in total. The summed E-state index contributed by atoms with van der Waals surface area (Å²) in [5.41, 5.74) is -0.657. The van der Waals surface area contributed by atoms with E-state index in [0.717, 1.165) is 17.8 Å². The Morgan fingerprint density at radius 2 is 1.93 bits per heavy atom. The smallest absolute Gasteiger partial charge is 0.313 e. The van der Waals surface area contributed by atoms with Crippen molar-refractivity contribution < 1.29 is 0 Å². The Morgan fingerprint density at radius 3 is 2.57 bits per heavy atom. The van der Waals surface area contributed by atoms with Crippen molar-refractivity contribution in [1.82, 2.24) is 15.0 Å². The van der Waals surface area contributed by atoms with Gasteiger partial charge in [0.25, 0.3) is 5.56 Å². The Bertz CT molecular complexity index is 388. The van der Waals surface area contributed by atoms with Crippen LogP contribution in [0.15, 0.2) is 21.9 Å². The first-order valence-electron chi connectivity index (χ1n) is 4.56. The molecular weight excluding hydrogens is 184 g/mol. The van der Waals surface area contributed by atoms with Crippen LogP contribution in [0.3, 0.4) is 0 Å². The van der Waals surface area contributed by atoms with Gasteiger partial charge in [-0.2, -0.15) is 4.68 Å². The molecule has 0 spiro atoms. The van der Waals surface area contributed by atoms with Crippen LogP contribution < -0.4 is 21.6 Å². The normalized spacial score (nSPS) is 17.0. The lowest BCUT2D eigenvalue weighted by Crippen LogP contribution is -2.57. The van der Waals surface area contributed by atoms with E-state index >= 15 is 0 Å². The van der Waals surface area contributed by atoms with Crippen molar-refractivity contribution in [1.29, 1.82) is 0 Å². The summed E-state index contributed by atoms with van der Waals surface area (Å²) in [6.07, 6.45) is 1.36. The molecular formula is C8H12N4O2. The van der Waals surface area contributed by atoms with Crippen molar-refractivity contribution >= 4 is 0 Å². The van der Waals surface area contributed by atoms with Crippen LogP contribution in [-0.2, 0) is 0 Å². The van der Waals surface area contributed by atoms with Crippen LogP contribution in [0.4, 0.5) is 0 Å². The van der Waals surface area contributed by atoms with Gasteiger partial charge in [-0.25, -0.2) is 4.79 Å². The minimum Gasteiger partial charge on any atom is -0.313 e. The van der Waals surface area contributed by atoms with Gasteiger partial charge in [0.05, 0.1) is 0 Å². The van der Waals surface area contributed by atoms with Gasteiger partial charge in [0.1, 0.15) is 0 Å². The van der Waals surface area contributed by atoms with Crippen molar-refractivity contribution in [3.05, 3.63) is 33.1 Å². The highest BCUT2D eigenvalue weighted by Crippen LogP contribution is 1.85. The average Bonchev–Trinajstić information content (AvgIpc) is 2.19. The van der Waals surface area contributed by atoms with Gasteiger partial charge in [-0.3, -0.25) is 4.79 Å². The molecule has 1 aromatic rings. The third-order valence-electron chi connectivity index (χ3n) is 2.21. The number of nitrogens with one attached hydrogen (secondary N) is 2. The summed E-state index contributed by atoms with van der Waals surface area (Å²) in [5.74, 6) is 0. The maximum atomic E-state index is 11.4. The average molecular weight is 196 g/mol. The summed E-state index contributed by atoms with van der Waals surface area (Å²) in [7, 11) is 0. The van der Waals surface area contributed by atoms with Crippen molar-refractivity contribution in [3.63, 3.8) is 0 Å². The number of nitrogens with zero attached hydrogens (tertiary/aromatic N) is 2. The highest BCUT2D eigenvalue weighted by atomic mass is 16.2. The van der Waals surface area contributed by atoms with E-state index in [1.807, 2.05) is 0 Å². The Kier molecular flexibility index (Phi) is 2.36. The Labute approximate surface area is 80.1 Å². The molecule has 76 valence electrons. The maximum absolute atomic E-state index is 11.4. The topological polar surface area (TPSA) is 70.1 Å². The molecule has 0 aromatic carbocycles. The second-order valence-corrected chi connectivity index (χ2v) is 3.14. The largest absolute Gasteiger partial charge is 0.347 e. The van der Waals surface area contributed by atoms with Gasteiger partial charge in [0, 0.05) is 38.4 Å². The van der Waals surface area contributed by atoms with Crippen LogP contribution in [0.2, 0.25) is 0 Å². The van der Waals surface area contributed by atoms with Gasteiger partial charge >= 0.3 is 5.69 Å². The third-order valence-corrected chi connectivity index (χ3v) is 2.21. The fourth-order valence-electron chi connectivity index (χ4n) is 1.54. The summed E-state index contributed by atoms with van der Waals surface area (Å²) < 4.78 is 1.15. The molecule has 1 fully saturated rings. The Balaban J connectivity index is 2.39. The zero-order valence-electron chi connectivity index (χ0n) is 7.69. The predicted molar refractivity (Wildman–Crippen MR) is 52.1 cm³/mol. The summed E-state index contributed by atoms with van der Waals surface area (Å²) in [4.78, 5) is 25.3. The first-order chi connectivity index (χ1) is 6.79. The highest BCUT2D eigenvalue weighted by Gasteiger charge is 2.12. The molecule has 1 saturated heterocycles. The van der Waals surface area contributed by atoms with Gasteiger partial charge in [-0.1, -0.05) is 0 Å². The van der Waals surface area contributed by atoms with E-state index in [1.54, 1.807) is 5.01 Å². The third kappa shape index (κ3) is 1.56. The summed E-state index contributed by atoms with van der Waals surface area (Å²) in [5, 5.41) is 4.90. The lowest BCUT2D eigenvalue weighted by Gasteiger charge is -2.29. The van der Waals surface area contributed by atoms with Crippen LogP contribution in [0.5, 0.6) is 0 Å². The van der Waals surface area contributed by atoms with Crippen LogP contribution in [0.1, 0.15) is 0 Å². The van der Waals surface area contributed by atoms with Crippen LogP contribution in [-0.4, -0.2) is 35.8 Å². The fourth-order valence-corrected chi connectivity index (χ4v) is 1.54. The molecule has 0 radical (unpaired) electrons. The van der Waals surface area contributed by atoms with Gasteiger partial charge in [-0.15, -0.1) is 0 Å². The Morgan fingerprint density at radius 1 is 1.21 bits per heavy atom. The highest BCUT2D eigenvalue weighted by molar-refractivity contribution is 4.94. The number of piperazine rings is 1. The molecule has 2 heterocycles. The van der Waals surface area contributed by atoms with Crippen molar-refractivity contribution in [2.75, 3.05) is 31.2 Å². The van der Waals surface area contributed by atoms with Crippen molar-refractivity contribution in [2.45, 2.75) is 0 Å². The molecule has 6 nitrogen and oxygen atoms in total. The molecule has 1 aromatic heterocycles. The second-order valence-electron chi connectivity index (χ2n) is 3.14. The van der Waals surface area contributed by atoms with E-state index in [2.05, 4.69) is 10.3 Å². The monoisotopic (exact) mass is 196 g/mol. The second kappa shape index (κ2) is 3.67. The minimum absolute atomic E-state index is 0.282. The van der Waals surface area contributed by atoms with Crippen molar-refractivity contribution in [2.24, 2.45) is 0 Å². The zero-order chi connectivity index (χ0) is 9.97. The number of hydrogen-bond donors (Lipinski definition) is 2. The first-order valence-corrected chi connectivity index (χ1v) is 4.56. The minimum atomic E-state index is -0.376. The number of aromatic nitrogens is 2. The summed E-state index contributed by atoms with van der Waals surface area (Å²) in [6.45, 7) is 2.93. The molecule has 14 heavy (non-hydrogen) atoms. The summed E-state index contributed by atoms with van der Waals surface area (Å²) in [6, 6.07) is 1.35. The standard InChI is InChI=1S/C8H12N4O2/c13-7-1-2-10-8(14)12(7)11-5-3-9-4-6-11/h1-2,9H,3-6H2,(H,10,14). The zero-order valence-corrected chi connectivity index (χ0v) is 7.69. The molecule has 0 aliphatic carbocycles. The van der Waals surface area contributed by atoms with Gasteiger partial charge in [-0.05, 0) is 0 Å². The maximum Gasteiger partial charge on any atom is 0.347 e. The molecule has 2 rings (SSSR count). The van der Waals surface area contributed by atoms with E-state index in [-0.39, 0.29) is 11.2 Å². The Hall–Kier alpha value is -1.56. The fraction of sp³-hybridized carbons (Fsp3) is 0.500. The van der Waals surface area contributed by atoms with E-state index < -0.39 is 0 Å². The van der Waals surface area contributed by atoms with E-state index in [1.165, 1.54) is 12.3 Å². The molecule has 0 amide bonds. The molecule has 0 bridgehead atoms. The van der Waals surface area contributed by atoms with Crippen LogP contribution in [0.25, 0.3) is 0 Å². The first kappa shape index (κ1) is 9.01. The van der Waals surface area contributed by atoms with Crippen LogP contribution in [0, 0.1) is 0 Å². The predicted octanol–water partition coefficient (Wildman–Crippen LogP) is -1.92. The molecule has 0 atom stereocenters. The van der Waals surface area contributed by atoms with E-state index in [9.17, 15) is 9.59 Å². The molecule has 0 saturated carbocycles. The van der Waals surface area contributed by atoms with Gasteiger partial charge in [0.15, 0.2) is 0 Å². The van der Waals surface area contributed by atoms with E-state index in [0.29, 0.717) is 13.1 Å². The molecule has 0 unspecified atom stereocenters. The number of aromatic amines is 1. The van der Waals surface area contributed by atoms with Gasteiger partial charge in [0.2, 0.25) is 0 Å². The lowest BCUT2D eigenvalue weighted by atomic mass is 10.4. The molecule has 1 aliphatic rings. The quantitative estimate of drug-likeness (QED) is 0.549. The number of hydrogen-bond acceptors (Lipinski definition) is 4. The number of H-pyrrole nitrogens is 1. The SMILES string of the molecule is O=c1cc[nH]c(=O)n1N1CCNCC1. The lowest BCUT2D eigenvalue weighted by molar-refractivity contribution is 0.468. The van der Waals surface area contributed by atoms with Gasteiger partial charge < -0.3 is 15.3 Å². The summed E-state index contributed by atoms with van der Waals surface area (Å²) >= 11 is 0. The molecule has 6 heteroatoms. The number of rotatable bonds is 1. The van der Waals surface area contributed by atoms with Crippen molar-refractivity contribution in [3.8, 4) is 0 Å². The molecule has 1 aliphatic heterocycles. The van der Waals surface area contributed by atoms with Crippen LogP contribution >= 0.6 is 0 Å².